The first-order valence-electron chi connectivity index (χ1n) is 5.24. The third-order valence-electron chi connectivity index (χ3n) is 2.18. The largest absolute Gasteiger partial charge is 0.389 e. The summed E-state index contributed by atoms with van der Waals surface area (Å²) >= 11 is 4.85. The van der Waals surface area contributed by atoms with Crippen LogP contribution in [0.4, 0.5) is 0 Å². The molecular weight excluding hydrogens is 206 g/mol. The van der Waals surface area contributed by atoms with Gasteiger partial charge in [0.2, 0.25) is 0 Å². The lowest BCUT2D eigenvalue weighted by atomic mass is 10.2. The average molecular weight is 225 g/mol. The molecule has 15 heavy (non-hydrogen) atoms. The lowest BCUT2D eigenvalue weighted by molar-refractivity contribution is 0.344. The van der Waals surface area contributed by atoms with Crippen LogP contribution in [0, 0.1) is 11.3 Å². The van der Waals surface area contributed by atoms with Crippen molar-refractivity contribution in [2.45, 2.75) is 33.6 Å². The molecule has 0 bridgehead atoms. The number of nitriles is 1. The Labute approximate surface area is 97.6 Å². The highest BCUT2D eigenvalue weighted by Gasteiger charge is 2.11. The number of nitrogens with zero attached hydrogens (tertiary/aromatic N) is 2. The Morgan fingerprint density at radius 1 is 1.33 bits per heavy atom. The summed E-state index contributed by atoms with van der Waals surface area (Å²) in [4.78, 5) is 2.35. The number of allylic oxidation sites excluding steroid dienone is 1. The molecule has 0 amide bonds. The van der Waals surface area contributed by atoms with Gasteiger partial charge in [-0.1, -0.05) is 26.1 Å². The van der Waals surface area contributed by atoms with Gasteiger partial charge in [-0.05, 0) is 19.8 Å². The maximum atomic E-state index is 8.95. The van der Waals surface area contributed by atoms with Crippen molar-refractivity contribution in [1.82, 2.24) is 4.90 Å². The van der Waals surface area contributed by atoms with Crippen LogP contribution >= 0.6 is 12.2 Å². The molecule has 0 aromatic heterocycles. The van der Waals surface area contributed by atoms with Gasteiger partial charge in [0.05, 0.1) is 0 Å². The predicted molar refractivity (Wildman–Crippen MR) is 67.3 cm³/mol. The maximum absolute atomic E-state index is 8.95. The van der Waals surface area contributed by atoms with E-state index in [2.05, 4.69) is 24.8 Å². The molecule has 0 aromatic carbocycles. The van der Waals surface area contributed by atoms with Gasteiger partial charge in [0, 0.05) is 18.8 Å². The molecule has 0 fully saturated rings. The van der Waals surface area contributed by atoms with Gasteiger partial charge in [-0.3, -0.25) is 0 Å². The molecule has 0 rings (SSSR count). The van der Waals surface area contributed by atoms with Crippen LogP contribution in [0.1, 0.15) is 33.6 Å². The van der Waals surface area contributed by atoms with Crippen LogP contribution in [0.15, 0.2) is 11.3 Å². The monoisotopic (exact) mass is 225 g/mol. The lowest BCUT2D eigenvalue weighted by Gasteiger charge is -2.25. The second-order valence-electron chi connectivity index (χ2n) is 3.42. The van der Waals surface area contributed by atoms with Gasteiger partial charge in [0.25, 0.3) is 0 Å². The van der Waals surface area contributed by atoms with Gasteiger partial charge in [0.1, 0.15) is 16.6 Å². The Morgan fingerprint density at radius 2 is 1.80 bits per heavy atom. The molecular formula is C11H19N3S. The normalized spacial score (nSPS) is 11.6. The van der Waals surface area contributed by atoms with E-state index in [4.69, 9.17) is 23.2 Å². The Kier molecular flexibility index (Phi) is 6.72. The second kappa shape index (κ2) is 7.24. The Bertz CT molecular complexity index is 283. The zero-order valence-electron chi connectivity index (χ0n) is 9.71. The number of rotatable bonds is 6. The van der Waals surface area contributed by atoms with Crippen molar-refractivity contribution in [3.05, 3.63) is 11.3 Å². The first-order chi connectivity index (χ1) is 7.08. The Morgan fingerprint density at radius 3 is 2.07 bits per heavy atom. The smallest absolute Gasteiger partial charge is 0.116 e. The van der Waals surface area contributed by atoms with E-state index in [0.29, 0.717) is 5.57 Å². The number of nitrogens with two attached hydrogens (primary N) is 1. The minimum atomic E-state index is 0.187. The minimum absolute atomic E-state index is 0.187. The highest BCUT2D eigenvalue weighted by Crippen LogP contribution is 2.11. The van der Waals surface area contributed by atoms with Crippen molar-refractivity contribution < 1.29 is 0 Å². The number of thiocarbonyl (C=S) groups is 1. The molecule has 0 aliphatic carbocycles. The molecule has 2 N–H and O–H groups in total. The summed E-state index contributed by atoms with van der Waals surface area (Å²) in [6, 6.07) is 2.07. The van der Waals surface area contributed by atoms with Crippen LogP contribution in [0.2, 0.25) is 0 Å². The quantitative estimate of drug-likeness (QED) is 0.428. The predicted octanol–water partition coefficient (Wildman–Crippen LogP) is 2.19. The van der Waals surface area contributed by atoms with Gasteiger partial charge in [0.15, 0.2) is 0 Å². The van der Waals surface area contributed by atoms with Crippen LogP contribution in [0.5, 0.6) is 0 Å². The van der Waals surface area contributed by atoms with E-state index in [1.807, 2.05) is 6.92 Å². The topological polar surface area (TPSA) is 53.0 Å². The molecule has 0 heterocycles. The van der Waals surface area contributed by atoms with E-state index in [1.54, 1.807) is 0 Å². The van der Waals surface area contributed by atoms with Gasteiger partial charge in [-0.25, -0.2) is 0 Å². The fourth-order valence-corrected chi connectivity index (χ4v) is 1.65. The molecule has 3 nitrogen and oxygen atoms in total. The van der Waals surface area contributed by atoms with E-state index >= 15 is 0 Å². The molecule has 0 saturated carbocycles. The SMILES string of the molecule is CCCN(CCC)/C(C)=C(/C#N)C(N)=S. The van der Waals surface area contributed by atoms with Gasteiger partial charge < -0.3 is 10.6 Å². The summed E-state index contributed by atoms with van der Waals surface area (Å²) < 4.78 is 0. The van der Waals surface area contributed by atoms with E-state index in [-0.39, 0.29) is 4.99 Å². The molecule has 0 atom stereocenters. The molecule has 0 aromatic rings. The third kappa shape index (κ3) is 4.30. The standard InChI is InChI=1S/C11H19N3S/c1-4-6-14(7-5-2)9(3)10(8-12)11(13)15/h4-7H2,1-3H3,(H2,13,15)/b10-9-. The summed E-state index contributed by atoms with van der Waals surface area (Å²) in [6.45, 7) is 8.01. The summed E-state index contributed by atoms with van der Waals surface area (Å²) in [5.41, 5.74) is 6.84. The van der Waals surface area contributed by atoms with Crippen LogP contribution in [-0.2, 0) is 0 Å². The van der Waals surface area contributed by atoms with Gasteiger partial charge >= 0.3 is 0 Å². The molecule has 0 aliphatic heterocycles. The fourth-order valence-electron chi connectivity index (χ4n) is 1.46. The van der Waals surface area contributed by atoms with E-state index < -0.39 is 0 Å². The summed E-state index contributed by atoms with van der Waals surface area (Å²) in [5, 5.41) is 8.95. The second-order valence-corrected chi connectivity index (χ2v) is 3.86. The molecule has 0 radical (unpaired) electrons. The fraction of sp³-hybridized carbons (Fsp3) is 0.636. The van der Waals surface area contributed by atoms with E-state index in [1.165, 1.54) is 0 Å². The molecule has 0 saturated heterocycles. The first kappa shape index (κ1) is 13.9. The first-order valence-corrected chi connectivity index (χ1v) is 5.64. The summed E-state index contributed by atoms with van der Waals surface area (Å²) in [6.07, 6.45) is 2.10. The lowest BCUT2D eigenvalue weighted by Crippen LogP contribution is -2.27. The Balaban J connectivity index is 4.94. The van der Waals surface area contributed by atoms with Crippen molar-refractivity contribution in [2.75, 3.05) is 13.1 Å². The van der Waals surface area contributed by atoms with Gasteiger partial charge in [-0.15, -0.1) is 0 Å². The highest BCUT2D eigenvalue weighted by atomic mass is 32.1. The Hall–Kier alpha value is -1.08. The summed E-state index contributed by atoms with van der Waals surface area (Å²) in [5.74, 6) is 0. The van der Waals surface area contributed by atoms with E-state index in [9.17, 15) is 0 Å². The van der Waals surface area contributed by atoms with Crippen molar-refractivity contribution in [3.63, 3.8) is 0 Å². The van der Waals surface area contributed by atoms with Crippen molar-refractivity contribution in [1.29, 1.82) is 5.26 Å². The van der Waals surface area contributed by atoms with Crippen molar-refractivity contribution in [2.24, 2.45) is 5.73 Å². The number of hydrogen-bond acceptors (Lipinski definition) is 3. The molecule has 0 aliphatic rings. The highest BCUT2D eigenvalue weighted by molar-refractivity contribution is 7.80. The molecule has 84 valence electrons. The molecule has 4 heteroatoms. The van der Waals surface area contributed by atoms with Gasteiger partial charge in [-0.2, -0.15) is 5.26 Å². The van der Waals surface area contributed by atoms with Crippen LogP contribution < -0.4 is 5.73 Å². The average Bonchev–Trinajstić information content (AvgIpc) is 2.17. The van der Waals surface area contributed by atoms with Crippen LogP contribution in [0.3, 0.4) is 0 Å². The molecule has 0 unspecified atom stereocenters. The molecule has 0 spiro atoms. The van der Waals surface area contributed by atoms with Crippen LogP contribution in [-0.4, -0.2) is 23.0 Å². The van der Waals surface area contributed by atoms with E-state index in [0.717, 1.165) is 31.6 Å². The zero-order valence-corrected chi connectivity index (χ0v) is 10.5. The van der Waals surface area contributed by atoms with Crippen molar-refractivity contribution >= 4 is 17.2 Å². The third-order valence-corrected chi connectivity index (χ3v) is 2.39. The maximum Gasteiger partial charge on any atom is 0.116 e. The summed E-state index contributed by atoms with van der Waals surface area (Å²) in [7, 11) is 0. The van der Waals surface area contributed by atoms with Crippen LogP contribution in [0.25, 0.3) is 0 Å². The van der Waals surface area contributed by atoms with Crippen molar-refractivity contribution in [3.8, 4) is 6.07 Å². The number of hydrogen-bond donors (Lipinski definition) is 1. The minimum Gasteiger partial charge on any atom is -0.389 e. The zero-order chi connectivity index (χ0) is 11.8.